The minimum Gasteiger partial charge on any atom is -0.377 e. The van der Waals surface area contributed by atoms with E-state index in [0.717, 1.165) is 11.1 Å². The van der Waals surface area contributed by atoms with Crippen molar-refractivity contribution >= 4 is 0 Å². The Labute approximate surface area is 128 Å². The highest BCUT2D eigenvalue weighted by molar-refractivity contribution is 5.46. The first-order chi connectivity index (χ1) is 10.5. The lowest BCUT2D eigenvalue weighted by Gasteiger charge is -2.30. The molecular weight excluding hydrogens is 291 g/mol. The second-order valence-corrected chi connectivity index (χ2v) is 5.72. The Kier molecular flexibility index (Phi) is 5.47. The molecule has 2 rings (SSSR count). The van der Waals surface area contributed by atoms with E-state index in [2.05, 4.69) is 6.07 Å². The van der Waals surface area contributed by atoms with Gasteiger partial charge in [0.05, 0.1) is 24.2 Å². The first-order valence-corrected chi connectivity index (χ1v) is 7.63. The van der Waals surface area contributed by atoms with Crippen LogP contribution in [0.1, 0.15) is 55.2 Å². The van der Waals surface area contributed by atoms with Gasteiger partial charge in [-0.15, -0.1) is 0 Å². The third-order valence-electron chi connectivity index (χ3n) is 4.39. The Balaban J connectivity index is 2.15. The van der Waals surface area contributed by atoms with Crippen molar-refractivity contribution in [3.63, 3.8) is 0 Å². The summed E-state index contributed by atoms with van der Waals surface area (Å²) in [6.45, 7) is 2.81. The number of hydrogen-bond donors (Lipinski definition) is 0. The van der Waals surface area contributed by atoms with Gasteiger partial charge in [-0.2, -0.15) is 18.4 Å². The van der Waals surface area contributed by atoms with Crippen molar-refractivity contribution in [3.05, 3.63) is 34.9 Å². The molecule has 0 radical (unpaired) electrons. The zero-order valence-corrected chi connectivity index (χ0v) is 12.6. The number of hydrogen-bond acceptors (Lipinski definition) is 2. The zero-order valence-electron chi connectivity index (χ0n) is 12.6. The van der Waals surface area contributed by atoms with Crippen LogP contribution in [0.15, 0.2) is 18.2 Å². The van der Waals surface area contributed by atoms with Gasteiger partial charge in [0.25, 0.3) is 0 Å². The SMILES string of the molecule is CCOCc1cccc(C2CCC(C(F)(F)F)CC2)c1C#N. The summed E-state index contributed by atoms with van der Waals surface area (Å²) in [6, 6.07) is 7.79. The van der Waals surface area contributed by atoms with Gasteiger partial charge in [-0.3, -0.25) is 0 Å². The van der Waals surface area contributed by atoms with Crippen LogP contribution < -0.4 is 0 Å². The summed E-state index contributed by atoms with van der Waals surface area (Å²) < 4.78 is 43.6. The molecule has 0 N–H and O–H groups in total. The minimum atomic E-state index is -4.10. The second kappa shape index (κ2) is 7.15. The molecule has 1 aromatic rings. The molecule has 1 fully saturated rings. The molecule has 1 aliphatic rings. The molecular formula is C17H20F3NO. The number of benzene rings is 1. The monoisotopic (exact) mass is 311 g/mol. The first kappa shape index (κ1) is 16.8. The number of nitriles is 1. The van der Waals surface area contributed by atoms with Crippen LogP contribution in [0.4, 0.5) is 13.2 Å². The van der Waals surface area contributed by atoms with Crippen molar-refractivity contribution in [2.45, 2.75) is 51.3 Å². The van der Waals surface area contributed by atoms with Crippen LogP contribution in [0.5, 0.6) is 0 Å². The Bertz CT molecular complexity index is 540. The van der Waals surface area contributed by atoms with E-state index in [1.165, 1.54) is 0 Å². The van der Waals surface area contributed by atoms with Gasteiger partial charge in [0.2, 0.25) is 0 Å². The van der Waals surface area contributed by atoms with E-state index in [9.17, 15) is 18.4 Å². The lowest BCUT2D eigenvalue weighted by Crippen LogP contribution is -2.27. The van der Waals surface area contributed by atoms with Gasteiger partial charge in [0, 0.05) is 6.61 Å². The molecule has 1 aromatic carbocycles. The summed E-state index contributed by atoms with van der Waals surface area (Å²) in [6.07, 6.45) is -2.84. The summed E-state index contributed by atoms with van der Waals surface area (Å²) in [5, 5.41) is 9.42. The number of halogens is 3. The topological polar surface area (TPSA) is 33.0 Å². The second-order valence-electron chi connectivity index (χ2n) is 5.72. The highest BCUT2D eigenvalue weighted by Gasteiger charge is 2.41. The van der Waals surface area contributed by atoms with E-state index in [0.29, 0.717) is 31.6 Å². The fourth-order valence-electron chi connectivity index (χ4n) is 3.16. The normalized spacial score (nSPS) is 22.3. The molecule has 22 heavy (non-hydrogen) atoms. The lowest BCUT2D eigenvalue weighted by atomic mass is 9.77. The third-order valence-corrected chi connectivity index (χ3v) is 4.39. The molecule has 1 saturated carbocycles. The lowest BCUT2D eigenvalue weighted by molar-refractivity contribution is -0.182. The number of ether oxygens (including phenoxy) is 1. The largest absolute Gasteiger partial charge is 0.391 e. The van der Waals surface area contributed by atoms with Crippen LogP contribution in [0.2, 0.25) is 0 Å². The van der Waals surface area contributed by atoms with Gasteiger partial charge < -0.3 is 4.74 Å². The van der Waals surface area contributed by atoms with Gasteiger partial charge in [-0.05, 0) is 49.7 Å². The molecule has 0 aromatic heterocycles. The maximum atomic E-state index is 12.8. The van der Waals surface area contributed by atoms with Crippen LogP contribution in [0.3, 0.4) is 0 Å². The van der Waals surface area contributed by atoms with E-state index in [1.54, 1.807) is 0 Å². The van der Waals surface area contributed by atoms with Crippen LogP contribution in [-0.4, -0.2) is 12.8 Å². The Morgan fingerprint density at radius 1 is 1.23 bits per heavy atom. The summed E-state index contributed by atoms with van der Waals surface area (Å²) in [7, 11) is 0. The van der Waals surface area contributed by atoms with E-state index in [4.69, 9.17) is 4.74 Å². The molecule has 0 aliphatic heterocycles. The van der Waals surface area contributed by atoms with Crippen molar-refractivity contribution in [1.82, 2.24) is 0 Å². The molecule has 1 aliphatic carbocycles. The van der Waals surface area contributed by atoms with Crippen LogP contribution in [0, 0.1) is 17.2 Å². The maximum absolute atomic E-state index is 12.8. The Hall–Kier alpha value is -1.54. The van der Waals surface area contributed by atoms with E-state index in [-0.39, 0.29) is 18.8 Å². The van der Waals surface area contributed by atoms with Gasteiger partial charge >= 0.3 is 6.18 Å². The average molecular weight is 311 g/mol. The summed E-state index contributed by atoms with van der Waals surface area (Å²) in [5.74, 6) is -1.16. The molecule has 0 saturated heterocycles. The summed E-state index contributed by atoms with van der Waals surface area (Å²) in [5.41, 5.74) is 2.27. The van der Waals surface area contributed by atoms with Gasteiger partial charge in [-0.25, -0.2) is 0 Å². The smallest absolute Gasteiger partial charge is 0.377 e. The van der Waals surface area contributed by atoms with Crippen molar-refractivity contribution in [3.8, 4) is 6.07 Å². The maximum Gasteiger partial charge on any atom is 0.391 e. The van der Waals surface area contributed by atoms with Crippen molar-refractivity contribution in [1.29, 1.82) is 5.26 Å². The number of alkyl halides is 3. The Morgan fingerprint density at radius 3 is 2.45 bits per heavy atom. The quantitative estimate of drug-likeness (QED) is 0.789. The molecule has 0 heterocycles. The standard InChI is InChI=1S/C17H20F3NO/c1-2-22-11-13-4-3-5-15(16(13)10-21)12-6-8-14(9-7-12)17(18,19)20/h3-5,12,14H,2,6-9,11H2,1H3. The van der Waals surface area contributed by atoms with E-state index >= 15 is 0 Å². The average Bonchev–Trinajstić information content (AvgIpc) is 2.51. The molecule has 0 spiro atoms. The highest BCUT2D eigenvalue weighted by Crippen LogP contribution is 2.43. The summed E-state index contributed by atoms with van der Waals surface area (Å²) >= 11 is 0. The summed E-state index contributed by atoms with van der Waals surface area (Å²) in [4.78, 5) is 0. The molecule has 2 nitrogen and oxygen atoms in total. The van der Waals surface area contributed by atoms with Crippen LogP contribution >= 0.6 is 0 Å². The van der Waals surface area contributed by atoms with Crippen molar-refractivity contribution < 1.29 is 17.9 Å². The first-order valence-electron chi connectivity index (χ1n) is 7.63. The van der Waals surface area contributed by atoms with Gasteiger partial charge in [0.1, 0.15) is 0 Å². The number of nitrogens with zero attached hydrogens (tertiary/aromatic N) is 1. The molecule has 0 unspecified atom stereocenters. The molecule has 0 amide bonds. The fraction of sp³-hybridized carbons (Fsp3) is 0.588. The van der Waals surface area contributed by atoms with E-state index < -0.39 is 12.1 Å². The fourth-order valence-corrected chi connectivity index (χ4v) is 3.16. The van der Waals surface area contributed by atoms with Crippen LogP contribution in [-0.2, 0) is 11.3 Å². The Morgan fingerprint density at radius 2 is 1.91 bits per heavy atom. The third kappa shape index (κ3) is 3.80. The van der Waals surface area contributed by atoms with Gasteiger partial charge in [0.15, 0.2) is 0 Å². The highest BCUT2D eigenvalue weighted by atomic mass is 19.4. The molecule has 0 atom stereocenters. The van der Waals surface area contributed by atoms with Crippen molar-refractivity contribution in [2.24, 2.45) is 5.92 Å². The zero-order chi connectivity index (χ0) is 16.2. The van der Waals surface area contributed by atoms with Crippen LogP contribution in [0.25, 0.3) is 0 Å². The van der Waals surface area contributed by atoms with Crippen molar-refractivity contribution in [2.75, 3.05) is 6.61 Å². The van der Waals surface area contributed by atoms with Gasteiger partial charge in [-0.1, -0.05) is 18.2 Å². The van der Waals surface area contributed by atoms with E-state index in [1.807, 2.05) is 25.1 Å². The number of rotatable bonds is 4. The minimum absolute atomic E-state index is 0.0369. The molecule has 0 bridgehead atoms. The predicted molar refractivity (Wildman–Crippen MR) is 77.2 cm³/mol. The molecule has 5 heteroatoms. The molecule has 120 valence electrons. The predicted octanol–water partition coefficient (Wildman–Crippen LogP) is 4.93.